The fraction of sp³-hybridized carbons (Fsp3) is 0.0625. The van der Waals surface area contributed by atoms with Gasteiger partial charge in [0.15, 0.2) is 0 Å². The van der Waals surface area contributed by atoms with E-state index in [9.17, 15) is 0 Å². The SMILES string of the molecule is C/C(=C(\N=NC(C)c1ccc2c3c(cccc13)-c1ccccc1-2)c1ccc2c(c1)C1(c3ccccc3-c3ccccc31)c1ccccc1N2c1ccccc1)c1ccc(-c2ccccc2)cc1. The molecule has 0 aromatic heterocycles. The number of benzene rings is 10. The second-order valence-corrected chi connectivity index (χ2v) is 18.0. The largest absolute Gasteiger partial charge is 0.310 e. The lowest BCUT2D eigenvalue weighted by Crippen LogP contribution is -2.36. The number of fused-ring (bicyclic) bond motifs is 12. The highest BCUT2D eigenvalue weighted by molar-refractivity contribution is 6.16. The second kappa shape index (κ2) is 15.4. The molecule has 10 aromatic carbocycles. The molecule has 1 heterocycles. The van der Waals surface area contributed by atoms with E-state index < -0.39 is 5.41 Å². The summed E-state index contributed by atoms with van der Waals surface area (Å²) >= 11 is 0. The first kappa shape index (κ1) is 39.0. The normalized spacial score (nSPS) is 14.3. The molecular weight excluding hydrogens is 811 g/mol. The van der Waals surface area contributed by atoms with E-state index in [2.05, 4.69) is 249 Å². The van der Waals surface area contributed by atoms with Crippen LogP contribution in [0.4, 0.5) is 17.1 Å². The van der Waals surface area contributed by atoms with Gasteiger partial charge in [0.1, 0.15) is 0 Å². The van der Waals surface area contributed by atoms with Crippen molar-refractivity contribution < 1.29 is 0 Å². The molecule has 0 saturated carbocycles. The van der Waals surface area contributed by atoms with Gasteiger partial charge in [-0.05, 0) is 138 Å². The minimum atomic E-state index is -0.594. The molecule has 67 heavy (non-hydrogen) atoms. The summed E-state index contributed by atoms with van der Waals surface area (Å²) in [5.41, 5.74) is 23.1. The van der Waals surface area contributed by atoms with Gasteiger partial charge in [-0.15, -0.1) is 0 Å². The number of hydrogen-bond donors (Lipinski definition) is 0. The number of allylic oxidation sites excluding steroid dienone is 1. The van der Waals surface area contributed by atoms with E-state index in [1.165, 1.54) is 88.8 Å². The minimum Gasteiger partial charge on any atom is -0.310 e. The average Bonchev–Trinajstić information content (AvgIpc) is 3.88. The van der Waals surface area contributed by atoms with Crippen molar-refractivity contribution in [3.8, 4) is 44.5 Å². The first-order chi connectivity index (χ1) is 33.1. The van der Waals surface area contributed by atoms with Crippen molar-refractivity contribution in [2.75, 3.05) is 4.90 Å². The molecule has 316 valence electrons. The predicted octanol–water partition coefficient (Wildman–Crippen LogP) is 17.4. The highest BCUT2D eigenvalue weighted by atomic mass is 15.2. The summed E-state index contributed by atoms with van der Waals surface area (Å²) in [6, 6.07) is 84.1. The number of hydrogen-bond acceptors (Lipinski definition) is 3. The molecule has 0 N–H and O–H groups in total. The molecule has 13 rings (SSSR count). The van der Waals surface area contributed by atoms with E-state index in [4.69, 9.17) is 10.2 Å². The zero-order chi connectivity index (χ0) is 44.6. The van der Waals surface area contributed by atoms with Crippen molar-refractivity contribution >= 4 is 39.1 Å². The smallest absolute Gasteiger partial charge is 0.0960 e. The molecule has 0 fully saturated rings. The highest BCUT2D eigenvalue weighted by Gasteiger charge is 2.51. The number of nitrogens with zero attached hydrogens (tertiary/aromatic N) is 3. The third-order valence-corrected chi connectivity index (χ3v) is 14.6. The van der Waals surface area contributed by atoms with Gasteiger partial charge in [-0.25, -0.2) is 0 Å². The Labute approximate surface area is 391 Å². The molecule has 0 amide bonds. The second-order valence-electron chi connectivity index (χ2n) is 18.0. The Bertz CT molecular complexity index is 3580. The van der Waals surface area contributed by atoms with Gasteiger partial charge in [0.05, 0.1) is 28.5 Å². The number of anilines is 3. The van der Waals surface area contributed by atoms with E-state index in [-0.39, 0.29) is 6.04 Å². The fourth-order valence-corrected chi connectivity index (χ4v) is 11.5. The molecule has 0 saturated heterocycles. The van der Waals surface area contributed by atoms with E-state index in [0.717, 1.165) is 33.8 Å². The van der Waals surface area contributed by atoms with Crippen LogP contribution in [-0.2, 0) is 5.41 Å². The van der Waals surface area contributed by atoms with Crippen LogP contribution >= 0.6 is 0 Å². The molecule has 10 aromatic rings. The molecule has 0 bridgehead atoms. The molecule has 1 atom stereocenters. The van der Waals surface area contributed by atoms with Crippen molar-refractivity contribution in [1.29, 1.82) is 0 Å². The van der Waals surface area contributed by atoms with Crippen LogP contribution in [0.3, 0.4) is 0 Å². The van der Waals surface area contributed by atoms with Crippen molar-refractivity contribution in [3.05, 3.63) is 269 Å². The molecule has 0 radical (unpaired) electrons. The van der Waals surface area contributed by atoms with Gasteiger partial charge in [0, 0.05) is 11.3 Å². The maximum absolute atomic E-state index is 5.40. The molecular formula is C64H45N3. The van der Waals surface area contributed by atoms with Crippen LogP contribution in [0, 0.1) is 0 Å². The summed E-state index contributed by atoms with van der Waals surface area (Å²) in [5, 5.41) is 13.2. The molecule has 3 nitrogen and oxygen atoms in total. The molecule has 3 heteroatoms. The maximum Gasteiger partial charge on any atom is 0.0960 e. The highest BCUT2D eigenvalue weighted by Crippen LogP contribution is 2.63. The Morgan fingerprint density at radius 1 is 0.433 bits per heavy atom. The number of azo groups is 1. The van der Waals surface area contributed by atoms with E-state index in [0.29, 0.717) is 0 Å². The Balaban J connectivity index is 1.03. The van der Waals surface area contributed by atoms with E-state index >= 15 is 0 Å². The summed E-state index contributed by atoms with van der Waals surface area (Å²) in [4.78, 5) is 2.44. The summed E-state index contributed by atoms with van der Waals surface area (Å²) < 4.78 is 0. The Kier molecular flexibility index (Phi) is 8.94. The predicted molar refractivity (Wildman–Crippen MR) is 278 cm³/mol. The van der Waals surface area contributed by atoms with Gasteiger partial charge in [-0.3, -0.25) is 0 Å². The van der Waals surface area contributed by atoms with Crippen molar-refractivity contribution in [2.24, 2.45) is 10.2 Å². The molecule has 1 unspecified atom stereocenters. The zero-order valence-electron chi connectivity index (χ0n) is 37.4. The third-order valence-electron chi connectivity index (χ3n) is 14.6. The summed E-state index contributed by atoms with van der Waals surface area (Å²) in [6.45, 7) is 4.38. The number of rotatable bonds is 7. The maximum atomic E-state index is 5.40. The fourth-order valence-electron chi connectivity index (χ4n) is 11.5. The lowest BCUT2D eigenvalue weighted by Gasteiger charge is -2.45. The minimum absolute atomic E-state index is 0.214. The van der Waals surface area contributed by atoms with E-state index in [1.54, 1.807) is 0 Å². The molecule has 3 aliphatic rings. The van der Waals surface area contributed by atoms with Crippen molar-refractivity contribution in [1.82, 2.24) is 0 Å². The lowest BCUT2D eigenvalue weighted by atomic mass is 9.64. The van der Waals surface area contributed by atoms with Crippen LogP contribution < -0.4 is 4.90 Å². The Hall–Kier alpha value is -8.40. The lowest BCUT2D eigenvalue weighted by molar-refractivity contribution is 0.751. The van der Waals surface area contributed by atoms with Crippen LogP contribution in [0.1, 0.15) is 58.8 Å². The number of para-hydroxylation sites is 2. The molecule has 2 aliphatic carbocycles. The van der Waals surface area contributed by atoms with Crippen LogP contribution in [0.5, 0.6) is 0 Å². The monoisotopic (exact) mass is 855 g/mol. The van der Waals surface area contributed by atoms with Gasteiger partial charge < -0.3 is 4.90 Å². The zero-order valence-corrected chi connectivity index (χ0v) is 37.4. The quantitative estimate of drug-likeness (QED) is 0.116. The summed E-state index contributed by atoms with van der Waals surface area (Å²) in [7, 11) is 0. The van der Waals surface area contributed by atoms with Gasteiger partial charge in [-0.2, -0.15) is 10.2 Å². The van der Waals surface area contributed by atoms with Crippen molar-refractivity contribution in [2.45, 2.75) is 25.3 Å². The van der Waals surface area contributed by atoms with Crippen LogP contribution in [-0.4, -0.2) is 0 Å². The first-order valence-corrected chi connectivity index (χ1v) is 23.3. The van der Waals surface area contributed by atoms with Crippen LogP contribution in [0.2, 0.25) is 0 Å². The van der Waals surface area contributed by atoms with Gasteiger partial charge in [0.2, 0.25) is 0 Å². The standard InChI is InChI=1S/C64H45N3/c1-41(43-32-34-45(35-33-43)44-18-5-3-6-19-44)63(66-65-42(2)48-37-38-55-50-23-10-9-22-49(50)54-27-17-26-53(48)62(54)55)46-36-39-61-59(40-46)64(56-28-13-11-24-51(56)52-25-12-14-29-57(52)64)58-30-15-16-31-60(58)67(61)47-20-7-4-8-21-47/h3-40,42H,1-2H3/b63-41+,66-65?. The van der Waals surface area contributed by atoms with Crippen LogP contribution in [0.25, 0.3) is 66.6 Å². The summed E-state index contributed by atoms with van der Waals surface area (Å²) in [5.74, 6) is 0. The third kappa shape index (κ3) is 5.84. The van der Waals surface area contributed by atoms with Crippen LogP contribution in [0.15, 0.2) is 241 Å². The molecule has 1 spiro atoms. The Morgan fingerprint density at radius 2 is 0.970 bits per heavy atom. The summed E-state index contributed by atoms with van der Waals surface area (Å²) in [6.07, 6.45) is 0. The van der Waals surface area contributed by atoms with Gasteiger partial charge in [0.25, 0.3) is 0 Å². The van der Waals surface area contributed by atoms with Crippen molar-refractivity contribution in [3.63, 3.8) is 0 Å². The molecule has 1 aliphatic heterocycles. The Morgan fingerprint density at radius 3 is 1.67 bits per heavy atom. The van der Waals surface area contributed by atoms with Gasteiger partial charge >= 0.3 is 0 Å². The first-order valence-electron chi connectivity index (χ1n) is 23.3. The van der Waals surface area contributed by atoms with Gasteiger partial charge in [-0.1, -0.05) is 200 Å². The van der Waals surface area contributed by atoms with E-state index in [1.807, 2.05) is 0 Å². The topological polar surface area (TPSA) is 28.0 Å². The average molecular weight is 856 g/mol.